The van der Waals surface area contributed by atoms with E-state index in [0.29, 0.717) is 6.54 Å². The molecule has 2 N–H and O–H groups in total. The van der Waals surface area contributed by atoms with Gasteiger partial charge in [0.15, 0.2) is 0 Å². The zero-order chi connectivity index (χ0) is 12.1. The first kappa shape index (κ1) is 11.5. The van der Waals surface area contributed by atoms with Crippen LogP contribution in [0.25, 0.3) is 0 Å². The van der Waals surface area contributed by atoms with E-state index in [1.54, 1.807) is 18.3 Å². The molecule has 4 heteroatoms. The lowest BCUT2D eigenvalue weighted by molar-refractivity contribution is 0.471. The number of rotatable bonds is 4. The monoisotopic (exact) mass is 229 g/mol. The number of nitrogens with one attached hydrogen (secondary N) is 1. The molecule has 0 saturated heterocycles. The van der Waals surface area contributed by atoms with Gasteiger partial charge in [-0.25, -0.2) is 0 Å². The summed E-state index contributed by atoms with van der Waals surface area (Å²) in [7, 11) is 0. The Balaban J connectivity index is 1.88. The van der Waals surface area contributed by atoms with Gasteiger partial charge in [0, 0.05) is 25.5 Å². The summed E-state index contributed by atoms with van der Waals surface area (Å²) in [5, 5.41) is 12.4. The number of nitrogens with zero attached hydrogens (tertiary/aromatic N) is 2. The van der Waals surface area contributed by atoms with Crippen molar-refractivity contribution in [2.75, 3.05) is 0 Å². The topological polar surface area (TPSA) is 58.0 Å². The smallest absolute Gasteiger partial charge is 0.133 e. The molecule has 0 bridgehead atoms. The van der Waals surface area contributed by atoms with Crippen molar-refractivity contribution in [1.82, 2.24) is 15.3 Å². The highest BCUT2D eigenvalue weighted by atomic mass is 16.3. The van der Waals surface area contributed by atoms with Crippen LogP contribution in [-0.4, -0.2) is 15.1 Å². The predicted molar refractivity (Wildman–Crippen MR) is 65.4 cm³/mol. The van der Waals surface area contributed by atoms with E-state index in [0.717, 1.165) is 12.2 Å². The molecule has 17 heavy (non-hydrogen) atoms. The maximum atomic E-state index is 9.11. The highest BCUT2D eigenvalue weighted by molar-refractivity contribution is 5.21. The van der Waals surface area contributed by atoms with Gasteiger partial charge in [0.1, 0.15) is 5.75 Å². The minimum atomic E-state index is 0.192. The number of aromatic hydroxyl groups is 1. The normalized spacial score (nSPS) is 10.4. The maximum absolute atomic E-state index is 9.11. The van der Waals surface area contributed by atoms with Crippen molar-refractivity contribution in [1.29, 1.82) is 0 Å². The third-order valence-corrected chi connectivity index (χ3v) is 2.58. The molecule has 0 aliphatic carbocycles. The van der Waals surface area contributed by atoms with Crippen LogP contribution < -0.4 is 5.32 Å². The molecule has 0 saturated carbocycles. The van der Waals surface area contributed by atoms with Crippen LogP contribution in [0.1, 0.15) is 16.8 Å². The molecule has 2 rings (SSSR count). The summed E-state index contributed by atoms with van der Waals surface area (Å²) in [4.78, 5) is 8.20. The first-order valence-corrected chi connectivity index (χ1v) is 5.50. The molecule has 0 aliphatic heterocycles. The number of hydrogen-bond donors (Lipinski definition) is 2. The lowest BCUT2D eigenvalue weighted by Gasteiger charge is -2.06. The Bertz CT molecular complexity index is 482. The molecule has 0 radical (unpaired) electrons. The van der Waals surface area contributed by atoms with Gasteiger partial charge in [-0.15, -0.1) is 0 Å². The molecule has 0 aliphatic rings. The highest BCUT2D eigenvalue weighted by Gasteiger charge is 1.98. The van der Waals surface area contributed by atoms with E-state index in [4.69, 9.17) is 5.11 Å². The lowest BCUT2D eigenvalue weighted by atomic mass is 10.1. The van der Waals surface area contributed by atoms with Gasteiger partial charge in [0.2, 0.25) is 0 Å². The van der Waals surface area contributed by atoms with Gasteiger partial charge in [-0.05, 0) is 36.2 Å². The Morgan fingerprint density at radius 2 is 2.06 bits per heavy atom. The molecule has 0 atom stereocenters. The summed E-state index contributed by atoms with van der Waals surface area (Å²) < 4.78 is 0. The zero-order valence-electron chi connectivity index (χ0n) is 9.72. The molecule has 0 unspecified atom stereocenters. The number of pyridine rings is 2. The molecule has 2 aromatic rings. The summed E-state index contributed by atoms with van der Waals surface area (Å²) in [6.45, 7) is 3.51. The van der Waals surface area contributed by atoms with Crippen LogP contribution in [0.5, 0.6) is 5.75 Å². The Morgan fingerprint density at radius 1 is 1.18 bits per heavy atom. The zero-order valence-corrected chi connectivity index (χ0v) is 9.72. The fourth-order valence-electron chi connectivity index (χ4n) is 1.53. The average molecular weight is 229 g/mol. The quantitative estimate of drug-likeness (QED) is 0.839. The number of aryl methyl sites for hydroxylation is 1. The molecule has 0 fully saturated rings. The van der Waals surface area contributed by atoms with E-state index >= 15 is 0 Å². The SMILES string of the molecule is Cc1ccncc1CNCc1ccc(O)cn1. The molecular weight excluding hydrogens is 214 g/mol. The second-order valence-electron chi connectivity index (χ2n) is 3.91. The van der Waals surface area contributed by atoms with Gasteiger partial charge in [-0.3, -0.25) is 9.97 Å². The Kier molecular flexibility index (Phi) is 3.67. The molecule has 0 aromatic carbocycles. The number of hydrogen-bond acceptors (Lipinski definition) is 4. The first-order chi connectivity index (χ1) is 8.25. The summed E-state index contributed by atoms with van der Waals surface area (Å²) in [5.41, 5.74) is 3.32. The summed E-state index contributed by atoms with van der Waals surface area (Å²) >= 11 is 0. The molecule has 4 nitrogen and oxygen atoms in total. The fraction of sp³-hybridized carbons (Fsp3) is 0.231. The van der Waals surface area contributed by atoms with Crippen molar-refractivity contribution in [3.8, 4) is 5.75 Å². The minimum Gasteiger partial charge on any atom is -0.506 e. The van der Waals surface area contributed by atoms with E-state index < -0.39 is 0 Å². The highest BCUT2D eigenvalue weighted by Crippen LogP contribution is 2.07. The van der Waals surface area contributed by atoms with Gasteiger partial charge in [0.25, 0.3) is 0 Å². The van der Waals surface area contributed by atoms with E-state index in [2.05, 4.69) is 22.2 Å². The van der Waals surface area contributed by atoms with Crippen LogP contribution in [0.2, 0.25) is 0 Å². The molecular formula is C13H15N3O. The lowest BCUT2D eigenvalue weighted by Crippen LogP contribution is -2.14. The van der Waals surface area contributed by atoms with E-state index in [-0.39, 0.29) is 5.75 Å². The predicted octanol–water partition coefficient (Wildman–Crippen LogP) is 1.78. The summed E-state index contributed by atoms with van der Waals surface area (Å²) in [6.07, 6.45) is 5.11. The molecule has 0 amide bonds. The second-order valence-corrected chi connectivity index (χ2v) is 3.91. The van der Waals surface area contributed by atoms with Crippen LogP contribution in [0, 0.1) is 6.92 Å². The van der Waals surface area contributed by atoms with Gasteiger partial charge in [-0.2, -0.15) is 0 Å². The molecule has 2 aromatic heterocycles. The van der Waals surface area contributed by atoms with E-state index in [9.17, 15) is 0 Å². The Labute approximate surface area is 100 Å². The summed E-state index contributed by atoms with van der Waals surface area (Å²) in [5.74, 6) is 0.192. The van der Waals surface area contributed by atoms with Crippen LogP contribution in [-0.2, 0) is 13.1 Å². The van der Waals surface area contributed by atoms with Crippen molar-refractivity contribution in [2.24, 2.45) is 0 Å². The van der Waals surface area contributed by atoms with Crippen molar-refractivity contribution >= 4 is 0 Å². The third kappa shape index (κ3) is 3.26. The largest absolute Gasteiger partial charge is 0.506 e. The minimum absolute atomic E-state index is 0.192. The van der Waals surface area contributed by atoms with Crippen molar-refractivity contribution in [2.45, 2.75) is 20.0 Å². The van der Waals surface area contributed by atoms with Crippen molar-refractivity contribution in [3.05, 3.63) is 53.6 Å². The van der Waals surface area contributed by atoms with Gasteiger partial charge in [-0.1, -0.05) is 0 Å². The first-order valence-electron chi connectivity index (χ1n) is 5.50. The second kappa shape index (κ2) is 5.41. The van der Waals surface area contributed by atoms with Gasteiger partial charge < -0.3 is 10.4 Å². The van der Waals surface area contributed by atoms with E-state index in [1.165, 1.54) is 17.3 Å². The van der Waals surface area contributed by atoms with Crippen LogP contribution in [0.4, 0.5) is 0 Å². The summed E-state index contributed by atoms with van der Waals surface area (Å²) in [6, 6.07) is 5.44. The Morgan fingerprint density at radius 3 is 2.76 bits per heavy atom. The van der Waals surface area contributed by atoms with Crippen molar-refractivity contribution in [3.63, 3.8) is 0 Å². The third-order valence-electron chi connectivity index (χ3n) is 2.58. The van der Waals surface area contributed by atoms with Crippen LogP contribution >= 0.6 is 0 Å². The van der Waals surface area contributed by atoms with Gasteiger partial charge >= 0.3 is 0 Å². The average Bonchev–Trinajstić information content (AvgIpc) is 2.34. The van der Waals surface area contributed by atoms with Crippen molar-refractivity contribution < 1.29 is 5.11 Å². The van der Waals surface area contributed by atoms with Gasteiger partial charge in [0.05, 0.1) is 11.9 Å². The molecule has 2 heterocycles. The number of aromatic nitrogens is 2. The van der Waals surface area contributed by atoms with Crippen LogP contribution in [0.15, 0.2) is 36.8 Å². The van der Waals surface area contributed by atoms with Crippen LogP contribution in [0.3, 0.4) is 0 Å². The molecule has 88 valence electrons. The Hall–Kier alpha value is -1.94. The molecule has 0 spiro atoms. The standard InChI is InChI=1S/C13H15N3O/c1-10-4-5-14-6-11(10)7-15-8-12-2-3-13(17)9-16-12/h2-6,9,15,17H,7-8H2,1H3. The van der Waals surface area contributed by atoms with E-state index in [1.807, 2.05) is 12.3 Å². The fourth-order valence-corrected chi connectivity index (χ4v) is 1.53. The maximum Gasteiger partial charge on any atom is 0.133 e.